The van der Waals surface area contributed by atoms with E-state index in [1.807, 2.05) is 43.3 Å². The summed E-state index contributed by atoms with van der Waals surface area (Å²) < 4.78 is 5.81. The highest BCUT2D eigenvalue weighted by molar-refractivity contribution is 5.99. The van der Waals surface area contributed by atoms with Gasteiger partial charge in [-0.3, -0.25) is 20.1 Å². The lowest BCUT2D eigenvalue weighted by Crippen LogP contribution is -2.07. The van der Waals surface area contributed by atoms with Gasteiger partial charge in [-0.05, 0) is 42.8 Å². The largest absolute Gasteiger partial charge is 0.489 e. The Balaban J connectivity index is 1.48. The average molecular weight is 400 g/mol. The second kappa shape index (κ2) is 8.57. The Morgan fingerprint density at radius 2 is 1.80 bits per heavy atom. The van der Waals surface area contributed by atoms with Crippen molar-refractivity contribution < 1.29 is 9.66 Å². The molecule has 7 heteroatoms. The Morgan fingerprint density at radius 1 is 1.00 bits per heavy atom. The fraction of sp³-hybridized carbons (Fsp3) is 0.130. The van der Waals surface area contributed by atoms with Crippen LogP contribution in [0.2, 0.25) is 0 Å². The molecule has 2 aromatic carbocycles. The third-order valence-electron chi connectivity index (χ3n) is 4.87. The number of nitrogens with one attached hydrogen (secondary N) is 1. The van der Waals surface area contributed by atoms with Crippen LogP contribution in [0.25, 0.3) is 10.8 Å². The van der Waals surface area contributed by atoms with Gasteiger partial charge in [0, 0.05) is 53.5 Å². The van der Waals surface area contributed by atoms with Crippen LogP contribution in [0.1, 0.15) is 24.1 Å². The maximum Gasteiger partial charge on any atom is 0.278 e. The fourth-order valence-corrected chi connectivity index (χ4v) is 3.28. The predicted molar refractivity (Wildman–Crippen MR) is 115 cm³/mol. The van der Waals surface area contributed by atoms with Gasteiger partial charge in [0.05, 0.1) is 10.3 Å². The molecule has 7 nitrogen and oxygen atoms in total. The van der Waals surface area contributed by atoms with E-state index in [9.17, 15) is 10.1 Å². The number of nitro benzene ring substituents is 1. The Hall–Kier alpha value is -4.00. The molecule has 1 N–H and O–H groups in total. The van der Waals surface area contributed by atoms with E-state index in [4.69, 9.17) is 4.74 Å². The number of non-ortho nitro benzene ring substituents is 1. The van der Waals surface area contributed by atoms with E-state index < -0.39 is 0 Å². The van der Waals surface area contributed by atoms with E-state index in [2.05, 4.69) is 15.3 Å². The van der Waals surface area contributed by atoms with Crippen molar-refractivity contribution in [1.82, 2.24) is 9.97 Å². The molecule has 0 radical (unpaired) electrons. The predicted octanol–water partition coefficient (Wildman–Crippen LogP) is 5.29. The minimum Gasteiger partial charge on any atom is -0.489 e. The fourth-order valence-electron chi connectivity index (χ4n) is 3.28. The van der Waals surface area contributed by atoms with Crippen molar-refractivity contribution in [1.29, 1.82) is 0 Å². The summed E-state index contributed by atoms with van der Waals surface area (Å²) in [5, 5.41) is 16.0. The summed E-state index contributed by atoms with van der Waals surface area (Å²) in [4.78, 5) is 19.0. The summed E-state index contributed by atoms with van der Waals surface area (Å²) in [5.41, 5.74) is 2.95. The molecule has 2 heterocycles. The van der Waals surface area contributed by atoms with Gasteiger partial charge in [0.15, 0.2) is 0 Å². The standard InChI is InChI=1S/C23H20N4O3/c1-16(18-4-6-19(7-5-18)30-15-17-3-2-11-24-13-17)26-22-8-9-23(27(28)29)21-14-25-12-10-20(21)22/h2-14,16,26H,15H2,1H3. The van der Waals surface area contributed by atoms with Crippen LogP contribution in [0.15, 0.2) is 79.4 Å². The molecule has 2 aromatic heterocycles. The number of hydrogen-bond acceptors (Lipinski definition) is 6. The number of anilines is 1. The van der Waals surface area contributed by atoms with E-state index in [0.717, 1.165) is 28.0 Å². The Morgan fingerprint density at radius 3 is 2.53 bits per heavy atom. The molecule has 0 saturated carbocycles. The first-order valence-electron chi connectivity index (χ1n) is 9.51. The molecule has 0 aliphatic rings. The van der Waals surface area contributed by atoms with Crippen LogP contribution in [-0.2, 0) is 6.61 Å². The van der Waals surface area contributed by atoms with Crippen LogP contribution in [0, 0.1) is 10.1 Å². The van der Waals surface area contributed by atoms with Crippen LogP contribution in [-0.4, -0.2) is 14.9 Å². The van der Waals surface area contributed by atoms with Gasteiger partial charge in [0.25, 0.3) is 5.69 Å². The van der Waals surface area contributed by atoms with Crippen LogP contribution >= 0.6 is 0 Å². The summed E-state index contributed by atoms with van der Waals surface area (Å²) in [6.07, 6.45) is 6.68. The minimum atomic E-state index is -0.387. The van der Waals surface area contributed by atoms with Crippen LogP contribution in [0.4, 0.5) is 11.4 Å². The lowest BCUT2D eigenvalue weighted by molar-refractivity contribution is -0.383. The van der Waals surface area contributed by atoms with Crippen molar-refractivity contribution in [3.63, 3.8) is 0 Å². The molecule has 0 amide bonds. The highest BCUT2D eigenvalue weighted by Crippen LogP contribution is 2.32. The number of fused-ring (bicyclic) bond motifs is 1. The Bertz CT molecular complexity index is 1160. The summed E-state index contributed by atoms with van der Waals surface area (Å²) >= 11 is 0. The third-order valence-corrected chi connectivity index (χ3v) is 4.87. The van der Waals surface area contributed by atoms with Crippen LogP contribution in [0.3, 0.4) is 0 Å². The van der Waals surface area contributed by atoms with Crippen molar-refractivity contribution in [3.8, 4) is 5.75 Å². The maximum atomic E-state index is 11.3. The number of benzene rings is 2. The first-order chi connectivity index (χ1) is 14.6. The van der Waals surface area contributed by atoms with Gasteiger partial charge in [-0.1, -0.05) is 18.2 Å². The first kappa shape index (κ1) is 19.3. The van der Waals surface area contributed by atoms with E-state index in [0.29, 0.717) is 12.0 Å². The molecular formula is C23H20N4O3. The molecule has 0 aliphatic carbocycles. The van der Waals surface area contributed by atoms with E-state index in [-0.39, 0.29) is 16.7 Å². The highest BCUT2D eigenvalue weighted by atomic mass is 16.6. The van der Waals surface area contributed by atoms with Crippen LogP contribution in [0.5, 0.6) is 5.75 Å². The van der Waals surface area contributed by atoms with Gasteiger partial charge in [-0.2, -0.15) is 0 Å². The molecule has 30 heavy (non-hydrogen) atoms. The molecule has 0 bridgehead atoms. The highest BCUT2D eigenvalue weighted by Gasteiger charge is 2.15. The minimum absolute atomic E-state index is 0.00445. The molecule has 1 atom stereocenters. The molecule has 0 saturated heterocycles. The van der Waals surface area contributed by atoms with Crippen molar-refractivity contribution in [2.45, 2.75) is 19.6 Å². The van der Waals surface area contributed by atoms with Gasteiger partial charge >= 0.3 is 0 Å². The van der Waals surface area contributed by atoms with Gasteiger partial charge in [-0.25, -0.2) is 0 Å². The molecule has 1 unspecified atom stereocenters. The number of aromatic nitrogens is 2. The molecule has 0 fully saturated rings. The second-order valence-electron chi connectivity index (χ2n) is 6.90. The van der Waals surface area contributed by atoms with E-state index >= 15 is 0 Å². The number of rotatable bonds is 7. The Kier molecular flexibility index (Phi) is 5.52. The molecule has 0 aliphatic heterocycles. The molecule has 4 aromatic rings. The second-order valence-corrected chi connectivity index (χ2v) is 6.90. The lowest BCUT2D eigenvalue weighted by atomic mass is 10.1. The zero-order chi connectivity index (χ0) is 20.9. The smallest absolute Gasteiger partial charge is 0.278 e. The van der Waals surface area contributed by atoms with Gasteiger partial charge in [-0.15, -0.1) is 0 Å². The van der Waals surface area contributed by atoms with E-state index in [1.165, 1.54) is 12.3 Å². The number of nitro groups is 1. The van der Waals surface area contributed by atoms with E-state index in [1.54, 1.807) is 30.7 Å². The molecular weight excluding hydrogens is 380 g/mol. The first-order valence-corrected chi connectivity index (χ1v) is 9.51. The monoisotopic (exact) mass is 400 g/mol. The number of nitrogens with zero attached hydrogens (tertiary/aromatic N) is 3. The van der Waals surface area contributed by atoms with Crippen molar-refractivity contribution in [2.24, 2.45) is 0 Å². The molecule has 4 rings (SSSR count). The summed E-state index contributed by atoms with van der Waals surface area (Å²) in [6, 6.07) is 16.8. The topological polar surface area (TPSA) is 90.2 Å². The average Bonchev–Trinajstić information content (AvgIpc) is 2.78. The molecule has 0 spiro atoms. The van der Waals surface area contributed by atoms with Gasteiger partial charge in [0.1, 0.15) is 12.4 Å². The maximum absolute atomic E-state index is 11.3. The van der Waals surface area contributed by atoms with Crippen molar-refractivity contribution in [2.75, 3.05) is 5.32 Å². The SMILES string of the molecule is CC(Nc1ccc([N+](=O)[O-])c2cnccc12)c1ccc(OCc2cccnc2)cc1. The lowest BCUT2D eigenvalue weighted by Gasteiger charge is -2.18. The van der Waals surface area contributed by atoms with Crippen molar-refractivity contribution >= 4 is 22.1 Å². The zero-order valence-corrected chi connectivity index (χ0v) is 16.4. The van der Waals surface area contributed by atoms with Gasteiger partial charge in [0.2, 0.25) is 0 Å². The zero-order valence-electron chi connectivity index (χ0n) is 16.4. The van der Waals surface area contributed by atoms with Gasteiger partial charge < -0.3 is 10.1 Å². The summed E-state index contributed by atoms with van der Waals surface area (Å²) in [5.74, 6) is 0.779. The molecule has 150 valence electrons. The Labute approximate surface area is 173 Å². The summed E-state index contributed by atoms with van der Waals surface area (Å²) in [7, 11) is 0. The summed E-state index contributed by atoms with van der Waals surface area (Å²) in [6.45, 7) is 2.50. The van der Waals surface area contributed by atoms with Crippen LogP contribution < -0.4 is 10.1 Å². The quantitative estimate of drug-likeness (QED) is 0.335. The van der Waals surface area contributed by atoms with Crippen molar-refractivity contribution in [3.05, 3.63) is 101 Å². The number of pyridine rings is 2. The normalized spacial score (nSPS) is 11.8. The third kappa shape index (κ3) is 4.20. The number of ether oxygens (including phenoxy) is 1. The number of hydrogen-bond donors (Lipinski definition) is 1.